The molecule has 0 aliphatic rings. The largest absolute Gasteiger partial charge is 0.496 e. The van der Waals surface area contributed by atoms with E-state index in [0.29, 0.717) is 36.6 Å². The number of allylic oxidation sites excluding steroid dienone is 4. The van der Waals surface area contributed by atoms with Crippen molar-refractivity contribution < 1.29 is 38.4 Å². The second kappa shape index (κ2) is 18.5. The number of methoxy groups -OCH3 is 4. The first-order valence-corrected chi connectivity index (χ1v) is 14.1. The Morgan fingerprint density at radius 2 is 1.30 bits per heavy atom. The topological polar surface area (TPSA) is 132 Å². The first-order chi connectivity index (χ1) is 21.1. The first-order valence-electron chi connectivity index (χ1n) is 14.1. The van der Waals surface area contributed by atoms with Gasteiger partial charge in [0.2, 0.25) is 17.6 Å². The normalized spacial score (nSPS) is 12.1. The number of amides is 2. The van der Waals surface area contributed by atoms with E-state index >= 15 is 0 Å². The van der Waals surface area contributed by atoms with Gasteiger partial charge in [-0.2, -0.15) is 0 Å². The maximum Gasteiger partial charge on any atom is 0.326 e. The lowest BCUT2D eigenvalue weighted by Crippen LogP contribution is -2.40. The lowest BCUT2D eigenvalue weighted by atomic mass is 10.0. The lowest BCUT2D eigenvalue weighted by Gasteiger charge is -2.13. The van der Waals surface area contributed by atoms with Crippen LogP contribution in [0, 0.1) is 13.8 Å². The van der Waals surface area contributed by atoms with Gasteiger partial charge in [0.05, 0.1) is 28.4 Å². The molecule has 0 radical (unpaired) electrons. The van der Waals surface area contributed by atoms with Crippen LogP contribution in [0.4, 0.5) is 0 Å². The molecule has 0 aliphatic carbocycles. The van der Waals surface area contributed by atoms with Gasteiger partial charge in [-0.1, -0.05) is 42.5 Å². The molecule has 0 spiro atoms. The maximum atomic E-state index is 12.3. The van der Waals surface area contributed by atoms with E-state index in [-0.39, 0.29) is 12.3 Å². The van der Waals surface area contributed by atoms with Crippen LogP contribution in [0.3, 0.4) is 0 Å². The average Bonchev–Trinajstić information content (AvgIpc) is 3.01. The Labute approximate surface area is 259 Å². The van der Waals surface area contributed by atoms with Gasteiger partial charge in [-0.05, 0) is 73.6 Å². The molecule has 2 aromatic carbocycles. The zero-order valence-electron chi connectivity index (χ0n) is 26.1. The van der Waals surface area contributed by atoms with Gasteiger partial charge in [0.15, 0.2) is 11.5 Å². The third-order valence-corrected chi connectivity index (χ3v) is 6.68. The smallest absolute Gasteiger partial charge is 0.326 e. The Hall–Kier alpha value is -4.99. The number of rotatable bonds is 17. The van der Waals surface area contributed by atoms with Gasteiger partial charge in [0.25, 0.3) is 0 Å². The van der Waals surface area contributed by atoms with Crippen molar-refractivity contribution in [1.82, 2.24) is 10.6 Å². The van der Waals surface area contributed by atoms with E-state index in [4.69, 9.17) is 18.9 Å². The van der Waals surface area contributed by atoms with Gasteiger partial charge < -0.3 is 34.7 Å². The SMILES string of the molecule is COc1cc(/C=C/C=C/C(=O)NCCCCC(NC(=O)/C=C/C=C/c2cc(OC)c(OC)c(OC)c2)C(=O)O)cc(C)c1C. The highest BCUT2D eigenvalue weighted by Gasteiger charge is 2.18. The standard InChI is InChI=1S/C34H42N2O8/c1-23-19-25(20-28(41-3)24(23)2)13-7-9-16-31(37)35-18-12-11-15-27(34(39)40)36-32(38)17-10-8-14-26-21-29(42-4)33(44-6)30(22-26)43-5/h7-10,13-14,16-17,19-22,27H,11-12,15,18H2,1-6H3,(H,35,37)(H,36,38)(H,39,40)/b13-7+,14-8+,16-9+,17-10+. The molecule has 2 aromatic rings. The summed E-state index contributed by atoms with van der Waals surface area (Å²) in [5.74, 6) is 0.374. The number of benzene rings is 2. The minimum Gasteiger partial charge on any atom is -0.496 e. The Kier molecular flexibility index (Phi) is 14.8. The van der Waals surface area contributed by atoms with E-state index in [2.05, 4.69) is 10.6 Å². The van der Waals surface area contributed by atoms with Gasteiger partial charge >= 0.3 is 5.97 Å². The molecule has 2 amide bonds. The fourth-order valence-electron chi connectivity index (χ4n) is 4.20. The Morgan fingerprint density at radius 3 is 1.84 bits per heavy atom. The molecular formula is C34H42N2O8. The molecular weight excluding hydrogens is 564 g/mol. The number of nitrogens with one attached hydrogen (secondary N) is 2. The summed E-state index contributed by atoms with van der Waals surface area (Å²) in [6, 6.07) is 6.45. The molecule has 2 rings (SSSR count). The Morgan fingerprint density at radius 1 is 0.750 bits per heavy atom. The van der Waals surface area contributed by atoms with E-state index in [9.17, 15) is 19.5 Å². The van der Waals surface area contributed by atoms with Crippen LogP contribution in [0.25, 0.3) is 12.2 Å². The van der Waals surface area contributed by atoms with Crippen LogP contribution < -0.4 is 29.6 Å². The van der Waals surface area contributed by atoms with Crippen molar-refractivity contribution >= 4 is 29.9 Å². The highest BCUT2D eigenvalue weighted by atomic mass is 16.5. The number of hydrogen-bond donors (Lipinski definition) is 3. The molecule has 0 bridgehead atoms. The van der Waals surface area contributed by atoms with Gasteiger partial charge in [-0.25, -0.2) is 4.79 Å². The molecule has 1 atom stereocenters. The summed E-state index contributed by atoms with van der Waals surface area (Å²) in [7, 11) is 6.20. The van der Waals surface area contributed by atoms with E-state index in [0.717, 1.165) is 28.0 Å². The summed E-state index contributed by atoms with van der Waals surface area (Å²) in [4.78, 5) is 36.0. The first kappa shape index (κ1) is 35.2. The lowest BCUT2D eigenvalue weighted by molar-refractivity contribution is -0.141. The number of aryl methyl sites for hydroxylation is 1. The van der Waals surface area contributed by atoms with Gasteiger partial charge in [0.1, 0.15) is 11.8 Å². The van der Waals surface area contributed by atoms with Crippen LogP contribution >= 0.6 is 0 Å². The number of carbonyl (C=O) groups is 3. The number of ether oxygens (including phenoxy) is 4. The Bertz CT molecular complexity index is 1380. The molecule has 236 valence electrons. The second-order valence-corrected chi connectivity index (χ2v) is 9.75. The zero-order chi connectivity index (χ0) is 32.5. The number of carboxylic acid groups (broad SMARTS) is 1. The van der Waals surface area contributed by atoms with Crippen LogP contribution in [-0.2, 0) is 14.4 Å². The number of hydrogen-bond acceptors (Lipinski definition) is 7. The fourth-order valence-corrected chi connectivity index (χ4v) is 4.20. The van der Waals surface area contributed by atoms with Crippen LogP contribution in [0.2, 0.25) is 0 Å². The highest BCUT2D eigenvalue weighted by molar-refractivity contribution is 5.91. The minimum absolute atomic E-state index is 0.226. The van der Waals surface area contributed by atoms with Crippen LogP contribution in [0.1, 0.15) is 41.5 Å². The third kappa shape index (κ3) is 11.4. The predicted octanol–water partition coefficient (Wildman–Crippen LogP) is 5.03. The number of aliphatic carboxylic acids is 1. The molecule has 1 unspecified atom stereocenters. The van der Waals surface area contributed by atoms with Gasteiger partial charge in [-0.3, -0.25) is 9.59 Å². The molecule has 0 aliphatic heterocycles. The molecule has 3 N–H and O–H groups in total. The van der Waals surface area contributed by atoms with E-state index in [1.54, 1.807) is 43.5 Å². The molecule has 0 aromatic heterocycles. The molecule has 44 heavy (non-hydrogen) atoms. The highest BCUT2D eigenvalue weighted by Crippen LogP contribution is 2.38. The average molecular weight is 607 g/mol. The summed E-state index contributed by atoms with van der Waals surface area (Å²) >= 11 is 0. The van der Waals surface area contributed by atoms with Crippen molar-refractivity contribution in [3.05, 3.63) is 83.0 Å². The van der Waals surface area contributed by atoms with Crippen LogP contribution in [0.15, 0.2) is 60.7 Å². The van der Waals surface area contributed by atoms with Gasteiger partial charge in [-0.15, -0.1) is 0 Å². The summed E-state index contributed by atoms with van der Waals surface area (Å²) in [5, 5.41) is 14.8. The Balaban J connectivity index is 1.76. The quantitative estimate of drug-likeness (QED) is 0.130. The minimum atomic E-state index is -1.13. The molecule has 0 heterocycles. The fraction of sp³-hybridized carbons (Fsp3) is 0.324. The third-order valence-electron chi connectivity index (χ3n) is 6.68. The number of unbranched alkanes of at least 4 members (excludes halogenated alkanes) is 1. The summed E-state index contributed by atoms with van der Waals surface area (Å²) in [6.45, 7) is 4.40. The van der Waals surface area contributed by atoms with Crippen molar-refractivity contribution in [2.45, 2.75) is 39.2 Å². The van der Waals surface area contributed by atoms with Crippen molar-refractivity contribution in [3.8, 4) is 23.0 Å². The van der Waals surface area contributed by atoms with E-state index in [1.807, 2.05) is 32.1 Å². The second-order valence-electron chi connectivity index (χ2n) is 9.75. The summed E-state index contributed by atoms with van der Waals surface area (Å²) < 4.78 is 21.4. The molecule has 0 fully saturated rings. The number of carbonyl (C=O) groups excluding carboxylic acids is 2. The molecule has 10 nitrogen and oxygen atoms in total. The van der Waals surface area contributed by atoms with Crippen LogP contribution in [-0.4, -0.2) is 63.9 Å². The van der Waals surface area contributed by atoms with Crippen molar-refractivity contribution in [3.63, 3.8) is 0 Å². The van der Waals surface area contributed by atoms with Crippen molar-refractivity contribution in [1.29, 1.82) is 0 Å². The zero-order valence-corrected chi connectivity index (χ0v) is 26.1. The van der Waals surface area contributed by atoms with Gasteiger partial charge in [0, 0.05) is 18.7 Å². The van der Waals surface area contributed by atoms with Crippen LogP contribution in [0.5, 0.6) is 23.0 Å². The molecule has 0 saturated carbocycles. The monoisotopic (exact) mass is 606 g/mol. The van der Waals surface area contributed by atoms with Crippen molar-refractivity contribution in [2.24, 2.45) is 0 Å². The molecule has 10 heteroatoms. The van der Waals surface area contributed by atoms with E-state index < -0.39 is 17.9 Å². The number of carboxylic acids is 1. The maximum absolute atomic E-state index is 12.3. The predicted molar refractivity (Wildman–Crippen MR) is 171 cm³/mol. The summed E-state index contributed by atoms with van der Waals surface area (Å²) in [5.41, 5.74) is 3.93. The van der Waals surface area contributed by atoms with Crippen molar-refractivity contribution in [2.75, 3.05) is 35.0 Å². The van der Waals surface area contributed by atoms with E-state index in [1.165, 1.54) is 39.6 Å². The summed E-state index contributed by atoms with van der Waals surface area (Å²) in [6.07, 6.45) is 14.2. The molecule has 0 saturated heterocycles.